The lowest BCUT2D eigenvalue weighted by molar-refractivity contribution is 0.0812. The number of hydrogen-bond acceptors (Lipinski definition) is 4. The molecule has 4 nitrogen and oxygen atoms in total. The Balaban J connectivity index is 1.69. The molecule has 3 rings (SSSR count). The van der Waals surface area contributed by atoms with Crippen molar-refractivity contribution in [3.8, 4) is 11.5 Å². The van der Waals surface area contributed by atoms with Crippen molar-refractivity contribution < 1.29 is 19.3 Å². The summed E-state index contributed by atoms with van der Waals surface area (Å²) in [5.74, 6) is 1.33. The highest BCUT2D eigenvalue weighted by atomic mass is 35.5. The number of fused-ring (bicyclic) bond motifs is 1. The second kappa shape index (κ2) is 6.86. The van der Waals surface area contributed by atoms with Crippen LogP contribution in [0.25, 0.3) is 0 Å². The van der Waals surface area contributed by atoms with Crippen molar-refractivity contribution >= 4 is 11.6 Å². The zero-order chi connectivity index (χ0) is 14.7. The van der Waals surface area contributed by atoms with E-state index < -0.39 is 6.10 Å². The van der Waals surface area contributed by atoms with E-state index in [1.165, 1.54) is 0 Å². The molecule has 5 heteroatoms. The van der Waals surface area contributed by atoms with Gasteiger partial charge in [-0.05, 0) is 31.7 Å². The monoisotopic (exact) mass is 312 g/mol. The van der Waals surface area contributed by atoms with Gasteiger partial charge in [-0.15, -0.1) is 0 Å². The van der Waals surface area contributed by atoms with Crippen LogP contribution < -0.4 is 9.47 Å². The maximum Gasteiger partial charge on any atom is 0.162 e. The first-order chi connectivity index (χ1) is 10.2. The van der Waals surface area contributed by atoms with Crippen molar-refractivity contribution in [3.05, 3.63) is 22.7 Å². The molecule has 0 bridgehead atoms. The van der Waals surface area contributed by atoms with Gasteiger partial charge in [0.25, 0.3) is 0 Å². The van der Waals surface area contributed by atoms with Crippen molar-refractivity contribution in [2.75, 3.05) is 19.8 Å². The van der Waals surface area contributed by atoms with Crippen LogP contribution in [0.4, 0.5) is 0 Å². The van der Waals surface area contributed by atoms with Crippen LogP contribution in [-0.4, -0.2) is 31.0 Å². The van der Waals surface area contributed by atoms with Gasteiger partial charge in [0.15, 0.2) is 11.5 Å². The zero-order valence-electron chi connectivity index (χ0n) is 12.0. The molecule has 1 fully saturated rings. The first kappa shape index (κ1) is 14.9. The molecule has 1 N–H and O–H groups in total. The van der Waals surface area contributed by atoms with Gasteiger partial charge >= 0.3 is 0 Å². The molecule has 1 saturated heterocycles. The molecule has 2 heterocycles. The molecule has 2 unspecified atom stereocenters. The van der Waals surface area contributed by atoms with Crippen molar-refractivity contribution in [2.45, 2.75) is 44.3 Å². The molecule has 2 atom stereocenters. The number of ether oxygens (including phenoxy) is 3. The van der Waals surface area contributed by atoms with E-state index in [1.807, 2.05) is 6.07 Å². The minimum Gasteiger partial charge on any atom is -0.490 e. The smallest absolute Gasteiger partial charge is 0.162 e. The van der Waals surface area contributed by atoms with Crippen LogP contribution in [-0.2, 0) is 4.74 Å². The van der Waals surface area contributed by atoms with Gasteiger partial charge in [0.1, 0.15) is 0 Å². The van der Waals surface area contributed by atoms with Crippen LogP contribution in [0.2, 0.25) is 5.02 Å². The molecule has 0 aromatic heterocycles. The van der Waals surface area contributed by atoms with Crippen LogP contribution >= 0.6 is 11.6 Å². The lowest BCUT2D eigenvalue weighted by Crippen LogP contribution is -2.08. The second-order valence-electron chi connectivity index (χ2n) is 5.60. The number of benzene rings is 1. The fourth-order valence-corrected chi connectivity index (χ4v) is 3.11. The molecule has 0 saturated carbocycles. The predicted molar refractivity (Wildman–Crippen MR) is 80.2 cm³/mol. The highest BCUT2D eigenvalue weighted by molar-refractivity contribution is 6.31. The van der Waals surface area contributed by atoms with Crippen molar-refractivity contribution in [1.82, 2.24) is 0 Å². The van der Waals surface area contributed by atoms with Gasteiger partial charge in [-0.1, -0.05) is 11.6 Å². The topological polar surface area (TPSA) is 47.9 Å². The molecule has 21 heavy (non-hydrogen) atoms. The Labute approximate surface area is 130 Å². The van der Waals surface area contributed by atoms with Crippen molar-refractivity contribution in [2.24, 2.45) is 0 Å². The Morgan fingerprint density at radius 1 is 1.14 bits per heavy atom. The van der Waals surface area contributed by atoms with Gasteiger partial charge < -0.3 is 19.3 Å². The molecular weight excluding hydrogens is 292 g/mol. The Morgan fingerprint density at radius 3 is 2.62 bits per heavy atom. The van der Waals surface area contributed by atoms with Gasteiger partial charge in [-0.3, -0.25) is 0 Å². The highest BCUT2D eigenvalue weighted by Crippen LogP contribution is 2.38. The van der Waals surface area contributed by atoms with E-state index in [0.29, 0.717) is 41.7 Å². The molecule has 2 aliphatic heterocycles. The molecule has 0 spiro atoms. The van der Waals surface area contributed by atoms with Gasteiger partial charge in [-0.25, -0.2) is 0 Å². The summed E-state index contributed by atoms with van der Waals surface area (Å²) in [4.78, 5) is 0. The normalized spacial score (nSPS) is 22.9. The highest BCUT2D eigenvalue weighted by Gasteiger charge is 2.21. The summed E-state index contributed by atoms with van der Waals surface area (Å²) in [5, 5.41) is 10.9. The number of rotatable bonds is 4. The first-order valence-electron chi connectivity index (χ1n) is 7.63. The Kier molecular flexibility index (Phi) is 4.88. The van der Waals surface area contributed by atoms with Gasteiger partial charge in [0.05, 0.1) is 30.4 Å². The standard InChI is InChI=1S/C16H21ClO4/c17-13-10-16-15(20-7-2-8-21-16)9-12(13)14(18)5-4-11-3-1-6-19-11/h9-11,14,18H,1-8H2. The third-order valence-corrected chi connectivity index (χ3v) is 4.34. The maximum absolute atomic E-state index is 10.4. The third kappa shape index (κ3) is 3.62. The minimum atomic E-state index is -0.598. The molecule has 0 radical (unpaired) electrons. The maximum atomic E-state index is 10.4. The summed E-state index contributed by atoms with van der Waals surface area (Å²) >= 11 is 6.28. The van der Waals surface area contributed by atoms with E-state index in [9.17, 15) is 5.11 Å². The lowest BCUT2D eigenvalue weighted by Gasteiger charge is -2.17. The average Bonchev–Trinajstić information content (AvgIpc) is 2.89. The quantitative estimate of drug-likeness (QED) is 0.924. The third-order valence-electron chi connectivity index (χ3n) is 4.01. The van der Waals surface area contributed by atoms with Crippen LogP contribution in [0.15, 0.2) is 12.1 Å². The van der Waals surface area contributed by atoms with Crippen LogP contribution in [0, 0.1) is 0 Å². The predicted octanol–water partition coefficient (Wildman–Crippen LogP) is 3.49. The zero-order valence-corrected chi connectivity index (χ0v) is 12.8. The van der Waals surface area contributed by atoms with Crippen molar-refractivity contribution in [1.29, 1.82) is 0 Å². The molecule has 116 valence electrons. The molecule has 0 aliphatic carbocycles. The van der Waals surface area contributed by atoms with E-state index in [1.54, 1.807) is 6.07 Å². The van der Waals surface area contributed by atoms with E-state index in [0.717, 1.165) is 32.3 Å². The molecule has 1 aromatic carbocycles. The van der Waals surface area contributed by atoms with E-state index in [2.05, 4.69) is 0 Å². The lowest BCUT2D eigenvalue weighted by atomic mass is 10.0. The summed E-state index contributed by atoms with van der Waals surface area (Å²) < 4.78 is 16.8. The van der Waals surface area contributed by atoms with E-state index in [-0.39, 0.29) is 6.10 Å². The molecule has 0 amide bonds. The molecule has 2 aliphatic rings. The van der Waals surface area contributed by atoms with E-state index in [4.69, 9.17) is 25.8 Å². The number of hydrogen-bond donors (Lipinski definition) is 1. The number of aliphatic hydroxyl groups excluding tert-OH is 1. The summed E-state index contributed by atoms with van der Waals surface area (Å²) in [6, 6.07) is 3.55. The molecular formula is C16H21ClO4. The van der Waals surface area contributed by atoms with Crippen LogP contribution in [0.5, 0.6) is 11.5 Å². The largest absolute Gasteiger partial charge is 0.490 e. The summed E-state index contributed by atoms with van der Waals surface area (Å²) in [7, 11) is 0. The van der Waals surface area contributed by atoms with Gasteiger partial charge in [0, 0.05) is 24.7 Å². The fraction of sp³-hybridized carbons (Fsp3) is 0.625. The summed E-state index contributed by atoms with van der Waals surface area (Å²) in [6.07, 6.45) is 4.23. The fourth-order valence-electron chi connectivity index (χ4n) is 2.83. The Hall–Kier alpha value is -0.970. The van der Waals surface area contributed by atoms with Gasteiger partial charge in [0.2, 0.25) is 0 Å². The van der Waals surface area contributed by atoms with Crippen LogP contribution in [0.1, 0.15) is 43.8 Å². The first-order valence-corrected chi connectivity index (χ1v) is 8.00. The summed E-state index contributed by atoms with van der Waals surface area (Å²) in [6.45, 7) is 2.09. The minimum absolute atomic E-state index is 0.277. The SMILES string of the molecule is OC(CCC1CCCO1)c1cc2c(cc1Cl)OCCCO2. The van der Waals surface area contributed by atoms with E-state index >= 15 is 0 Å². The van der Waals surface area contributed by atoms with Crippen molar-refractivity contribution in [3.63, 3.8) is 0 Å². The number of halogens is 1. The number of aliphatic hydroxyl groups is 1. The average molecular weight is 313 g/mol. The summed E-state index contributed by atoms with van der Waals surface area (Å²) in [5.41, 5.74) is 0.707. The molecule has 1 aromatic rings. The van der Waals surface area contributed by atoms with Crippen LogP contribution in [0.3, 0.4) is 0 Å². The second-order valence-corrected chi connectivity index (χ2v) is 6.01. The Morgan fingerprint density at radius 2 is 1.90 bits per heavy atom. The van der Waals surface area contributed by atoms with Gasteiger partial charge in [-0.2, -0.15) is 0 Å². The Bertz CT molecular complexity index is 485.